The number of aryl methyl sites for hydroxylation is 1. The largest absolute Gasteiger partial charge is 0.497 e. The number of benzene rings is 1. The highest BCUT2D eigenvalue weighted by Gasteiger charge is 2.22. The van der Waals surface area contributed by atoms with Gasteiger partial charge in [-0.1, -0.05) is 44.2 Å². The molecule has 1 aromatic heterocycles. The van der Waals surface area contributed by atoms with E-state index in [4.69, 9.17) is 4.74 Å². The molecule has 1 aliphatic carbocycles. The van der Waals surface area contributed by atoms with E-state index in [9.17, 15) is 4.79 Å². The lowest BCUT2D eigenvalue weighted by Crippen LogP contribution is -2.44. The Morgan fingerprint density at radius 3 is 2.41 bits per heavy atom. The average molecular weight is 370 g/mol. The molecule has 6 nitrogen and oxygen atoms in total. The standard InChI is InChI=1S/C21H30N4O2/c1-25-15-14-22-20(25)19(16-10-12-18(27-2)13-11-16)24-21(26)23-17-8-6-4-3-5-7-9-17/h10-15,17,19H,3-9H2,1-2H3,(H2,23,24,26)/t19-/m0/s1. The molecule has 146 valence electrons. The highest BCUT2D eigenvalue weighted by atomic mass is 16.5. The number of nitrogens with zero attached hydrogens (tertiary/aromatic N) is 2. The van der Waals surface area contributed by atoms with Crippen molar-refractivity contribution in [1.29, 1.82) is 0 Å². The van der Waals surface area contributed by atoms with E-state index in [-0.39, 0.29) is 18.1 Å². The summed E-state index contributed by atoms with van der Waals surface area (Å²) < 4.78 is 7.18. The summed E-state index contributed by atoms with van der Waals surface area (Å²) in [6.07, 6.45) is 12.0. The Kier molecular flexibility index (Phi) is 6.74. The normalized spacial score (nSPS) is 16.8. The van der Waals surface area contributed by atoms with Crippen molar-refractivity contribution < 1.29 is 9.53 Å². The molecule has 2 N–H and O–H groups in total. The van der Waals surface area contributed by atoms with Crippen LogP contribution in [-0.2, 0) is 7.05 Å². The number of nitrogens with one attached hydrogen (secondary N) is 2. The molecule has 0 spiro atoms. The Hall–Kier alpha value is -2.50. The number of amides is 2. The van der Waals surface area contributed by atoms with Gasteiger partial charge in [-0.15, -0.1) is 0 Å². The second-order valence-electron chi connectivity index (χ2n) is 7.26. The van der Waals surface area contributed by atoms with Gasteiger partial charge in [0.2, 0.25) is 0 Å². The van der Waals surface area contributed by atoms with Crippen LogP contribution in [0.3, 0.4) is 0 Å². The Bertz CT molecular complexity index is 718. The summed E-state index contributed by atoms with van der Waals surface area (Å²) in [7, 11) is 3.58. The SMILES string of the molecule is COc1ccc([C@H](NC(=O)NC2CCCCCCC2)c2nccn2C)cc1. The first-order valence-corrected chi connectivity index (χ1v) is 9.85. The molecule has 6 heteroatoms. The third-order valence-corrected chi connectivity index (χ3v) is 5.28. The highest BCUT2D eigenvalue weighted by Crippen LogP contribution is 2.23. The first kappa shape index (κ1) is 19.3. The summed E-state index contributed by atoms with van der Waals surface area (Å²) in [5.74, 6) is 1.59. The van der Waals surface area contributed by atoms with Crippen molar-refractivity contribution >= 4 is 6.03 Å². The van der Waals surface area contributed by atoms with E-state index in [1.54, 1.807) is 13.3 Å². The topological polar surface area (TPSA) is 68.2 Å². The van der Waals surface area contributed by atoms with Crippen molar-refractivity contribution in [2.24, 2.45) is 7.05 Å². The Morgan fingerprint density at radius 2 is 1.81 bits per heavy atom. The third-order valence-electron chi connectivity index (χ3n) is 5.28. The smallest absolute Gasteiger partial charge is 0.315 e. The van der Waals surface area contributed by atoms with Gasteiger partial charge in [0.15, 0.2) is 0 Å². The summed E-state index contributed by atoms with van der Waals surface area (Å²) in [5, 5.41) is 6.30. The predicted octanol–water partition coefficient (Wildman–Crippen LogP) is 3.93. The maximum atomic E-state index is 12.7. The van der Waals surface area contributed by atoms with E-state index in [0.29, 0.717) is 0 Å². The molecule has 0 radical (unpaired) electrons. The summed E-state index contributed by atoms with van der Waals surface area (Å²) in [6.45, 7) is 0. The Morgan fingerprint density at radius 1 is 1.15 bits per heavy atom. The molecule has 0 saturated heterocycles. The fraction of sp³-hybridized carbons (Fsp3) is 0.524. The van der Waals surface area contributed by atoms with Crippen LogP contribution in [0.15, 0.2) is 36.7 Å². The highest BCUT2D eigenvalue weighted by molar-refractivity contribution is 5.75. The first-order chi connectivity index (χ1) is 13.2. The van der Waals surface area contributed by atoms with Crippen LogP contribution in [0.25, 0.3) is 0 Å². The lowest BCUT2D eigenvalue weighted by molar-refractivity contribution is 0.231. The molecular formula is C21H30N4O2. The molecule has 1 aliphatic rings. The zero-order valence-electron chi connectivity index (χ0n) is 16.3. The van der Waals surface area contributed by atoms with Crippen molar-refractivity contribution in [3.63, 3.8) is 0 Å². The predicted molar refractivity (Wildman–Crippen MR) is 106 cm³/mol. The number of aromatic nitrogens is 2. The lowest BCUT2D eigenvalue weighted by atomic mass is 9.97. The number of carbonyl (C=O) groups excluding carboxylic acids is 1. The maximum Gasteiger partial charge on any atom is 0.315 e. The summed E-state index contributed by atoms with van der Waals surface area (Å²) in [4.78, 5) is 17.2. The van der Waals surface area contributed by atoms with Gasteiger partial charge in [0.05, 0.1) is 7.11 Å². The molecule has 0 bridgehead atoms. The minimum Gasteiger partial charge on any atom is -0.497 e. The van der Waals surface area contributed by atoms with Crippen LogP contribution >= 0.6 is 0 Å². The van der Waals surface area contributed by atoms with Gasteiger partial charge < -0.3 is 19.9 Å². The molecular weight excluding hydrogens is 340 g/mol. The van der Waals surface area contributed by atoms with Crippen LogP contribution < -0.4 is 15.4 Å². The number of methoxy groups -OCH3 is 1. The molecule has 0 unspecified atom stereocenters. The van der Waals surface area contributed by atoms with Crippen LogP contribution in [0.5, 0.6) is 5.75 Å². The van der Waals surface area contributed by atoms with Crippen molar-refractivity contribution in [2.75, 3.05) is 7.11 Å². The van der Waals surface area contributed by atoms with Crippen LogP contribution in [0, 0.1) is 0 Å². The molecule has 1 aromatic carbocycles. The monoisotopic (exact) mass is 370 g/mol. The number of ether oxygens (including phenoxy) is 1. The number of hydrogen-bond donors (Lipinski definition) is 2. The minimum absolute atomic E-state index is 0.135. The summed E-state index contributed by atoms with van der Waals surface area (Å²) in [6, 6.07) is 7.54. The van der Waals surface area contributed by atoms with E-state index in [0.717, 1.165) is 30.0 Å². The average Bonchev–Trinajstić information content (AvgIpc) is 3.08. The Labute approximate surface area is 161 Å². The molecule has 3 rings (SSSR count). The molecule has 2 amide bonds. The number of imidazole rings is 1. The van der Waals surface area contributed by atoms with Crippen LogP contribution in [0.2, 0.25) is 0 Å². The fourth-order valence-electron chi connectivity index (χ4n) is 3.71. The number of urea groups is 1. The second kappa shape index (κ2) is 9.44. The first-order valence-electron chi connectivity index (χ1n) is 9.85. The van der Waals surface area contributed by atoms with E-state index in [1.807, 2.05) is 42.1 Å². The summed E-state index contributed by atoms with van der Waals surface area (Å²) in [5.41, 5.74) is 0.970. The van der Waals surface area contributed by atoms with E-state index in [1.165, 1.54) is 32.1 Å². The van der Waals surface area contributed by atoms with Crippen molar-refractivity contribution in [3.05, 3.63) is 48.0 Å². The van der Waals surface area contributed by atoms with Crippen molar-refractivity contribution in [2.45, 2.75) is 57.0 Å². The van der Waals surface area contributed by atoms with Gasteiger partial charge in [0.25, 0.3) is 0 Å². The fourth-order valence-corrected chi connectivity index (χ4v) is 3.71. The van der Waals surface area contributed by atoms with E-state index in [2.05, 4.69) is 15.6 Å². The lowest BCUT2D eigenvalue weighted by Gasteiger charge is -2.24. The quantitative estimate of drug-likeness (QED) is 0.838. The van der Waals surface area contributed by atoms with Gasteiger partial charge in [-0.25, -0.2) is 9.78 Å². The molecule has 1 saturated carbocycles. The summed E-state index contributed by atoms with van der Waals surface area (Å²) >= 11 is 0. The molecule has 1 fully saturated rings. The second-order valence-corrected chi connectivity index (χ2v) is 7.26. The molecule has 1 atom stereocenters. The molecule has 27 heavy (non-hydrogen) atoms. The zero-order valence-corrected chi connectivity index (χ0v) is 16.3. The molecule has 0 aliphatic heterocycles. The van der Waals surface area contributed by atoms with E-state index >= 15 is 0 Å². The number of carbonyl (C=O) groups is 1. The van der Waals surface area contributed by atoms with Gasteiger partial charge in [-0.3, -0.25) is 0 Å². The van der Waals surface area contributed by atoms with E-state index < -0.39 is 0 Å². The molecule has 1 heterocycles. The number of hydrogen-bond acceptors (Lipinski definition) is 3. The van der Waals surface area contributed by atoms with Gasteiger partial charge in [-0.2, -0.15) is 0 Å². The number of rotatable bonds is 5. The van der Waals surface area contributed by atoms with Crippen molar-refractivity contribution in [3.8, 4) is 5.75 Å². The van der Waals surface area contributed by atoms with Gasteiger partial charge in [0, 0.05) is 25.5 Å². The third kappa shape index (κ3) is 5.25. The van der Waals surface area contributed by atoms with Gasteiger partial charge in [-0.05, 0) is 30.5 Å². The maximum absolute atomic E-state index is 12.7. The van der Waals surface area contributed by atoms with Gasteiger partial charge >= 0.3 is 6.03 Å². The van der Waals surface area contributed by atoms with Gasteiger partial charge in [0.1, 0.15) is 17.6 Å². The Balaban J connectivity index is 1.72. The minimum atomic E-state index is -0.315. The zero-order chi connectivity index (χ0) is 19.1. The molecule has 2 aromatic rings. The van der Waals surface area contributed by atoms with Crippen LogP contribution in [-0.4, -0.2) is 28.7 Å². The van der Waals surface area contributed by atoms with Crippen LogP contribution in [0.4, 0.5) is 4.79 Å². The van der Waals surface area contributed by atoms with Crippen LogP contribution in [0.1, 0.15) is 62.4 Å². The van der Waals surface area contributed by atoms with Crippen molar-refractivity contribution in [1.82, 2.24) is 20.2 Å².